The van der Waals surface area contributed by atoms with Gasteiger partial charge in [0.2, 0.25) is 0 Å². The van der Waals surface area contributed by atoms with Crippen molar-refractivity contribution in [3.05, 3.63) is 40.9 Å². The molecule has 3 heterocycles. The summed E-state index contributed by atoms with van der Waals surface area (Å²) in [6.45, 7) is 6.25. The molecule has 6 heteroatoms. The average Bonchev–Trinajstić information content (AvgIpc) is 3.01. The number of rotatable bonds is 5. The fraction of sp³-hybridized carbons (Fsp3) is 0.550. The highest BCUT2D eigenvalue weighted by atomic mass is 16.5. The third kappa shape index (κ3) is 4.23. The van der Waals surface area contributed by atoms with Gasteiger partial charge in [-0.2, -0.15) is 0 Å². The van der Waals surface area contributed by atoms with Crippen LogP contribution in [0.25, 0.3) is 0 Å². The molecule has 1 N–H and O–H groups in total. The van der Waals surface area contributed by atoms with Crippen molar-refractivity contribution in [2.45, 2.75) is 58.9 Å². The lowest BCUT2D eigenvalue weighted by molar-refractivity contribution is 0.0948. The molecule has 1 aliphatic rings. The van der Waals surface area contributed by atoms with Gasteiger partial charge in [-0.05, 0) is 32.3 Å². The SMILES string of the molecule is CCc1noc(C)c1C(=O)NCc1cccnc1N1CCCCCCC1. The van der Waals surface area contributed by atoms with Crippen molar-refractivity contribution in [3.63, 3.8) is 0 Å². The maximum Gasteiger partial charge on any atom is 0.257 e. The molecule has 0 atom stereocenters. The minimum Gasteiger partial charge on any atom is -0.361 e. The van der Waals surface area contributed by atoms with Gasteiger partial charge < -0.3 is 14.7 Å². The Hall–Kier alpha value is -2.37. The monoisotopic (exact) mass is 356 g/mol. The normalized spacial score (nSPS) is 15.4. The van der Waals surface area contributed by atoms with Crippen LogP contribution in [0.4, 0.5) is 5.82 Å². The fourth-order valence-corrected chi connectivity index (χ4v) is 3.53. The predicted octanol–water partition coefficient (Wildman–Crippen LogP) is 3.64. The van der Waals surface area contributed by atoms with Crippen LogP contribution in [0, 0.1) is 6.92 Å². The molecule has 26 heavy (non-hydrogen) atoms. The summed E-state index contributed by atoms with van der Waals surface area (Å²) >= 11 is 0. The van der Waals surface area contributed by atoms with Crippen molar-refractivity contribution in [1.82, 2.24) is 15.5 Å². The van der Waals surface area contributed by atoms with E-state index in [0.29, 0.717) is 30.0 Å². The Labute approximate surface area is 155 Å². The summed E-state index contributed by atoms with van der Waals surface area (Å²) in [6, 6.07) is 3.97. The molecule has 1 aliphatic heterocycles. The molecular formula is C20H28N4O2. The Bertz CT molecular complexity index is 733. The summed E-state index contributed by atoms with van der Waals surface area (Å²) in [5.41, 5.74) is 2.31. The fourth-order valence-electron chi connectivity index (χ4n) is 3.53. The molecule has 1 amide bonds. The second kappa shape index (κ2) is 8.83. The third-order valence-electron chi connectivity index (χ3n) is 4.96. The van der Waals surface area contributed by atoms with E-state index in [4.69, 9.17) is 4.52 Å². The van der Waals surface area contributed by atoms with Crippen LogP contribution in [0.15, 0.2) is 22.9 Å². The van der Waals surface area contributed by atoms with Crippen molar-refractivity contribution < 1.29 is 9.32 Å². The minimum atomic E-state index is -0.136. The van der Waals surface area contributed by atoms with Gasteiger partial charge in [-0.3, -0.25) is 4.79 Å². The van der Waals surface area contributed by atoms with Gasteiger partial charge in [0.25, 0.3) is 5.91 Å². The second-order valence-corrected chi connectivity index (χ2v) is 6.84. The van der Waals surface area contributed by atoms with E-state index in [-0.39, 0.29) is 5.91 Å². The molecule has 6 nitrogen and oxygen atoms in total. The largest absolute Gasteiger partial charge is 0.361 e. The molecule has 2 aromatic rings. The first kappa shape index (κ1) is 18.4. The summed E-state index contributed by atoms with van der Waals surface area (Å²) in [5, 5.41) is 6.98. The number of aromatic nitrogens is 2. The van der Waals surface area contributed by atoms with Gasteiger partial charge in [-0.1, -0.05) is 37.4 Å². The van der Waals surface area contributed by atoms with Gasteiger partial charge in [0.15, 0.2) is 0 Å². The van der Waals surface area contributed by atoms with Crippen LogP contribution in [0.1, 0.15) is 66.4 Å². The van der Waals surface area contributed by atoms with Gasteiger partial charge in [-0.25, -0.2) is 4.98 Å². The molecule has 0 aliphatic carbocycles. The molecule has 0 spiro atoms. The summed E-state index contributed by atoms with van der Waals surface area (Å²) < 4.78 is 5.17. The van der Waals surface area contributed by atoms with E-state index in [1.807, 2.05) is 25.3 Å². The van der Waals surface area contributed by atoms with Crippen molar-refractivity contribution in [2.75, 3.05) is 18.0 Å². The van der Waals surface area contributed by atoms with Crippen LogP contribution in [0.5, 0.6) is 0 Å². The van der Waals surface area contributed by atoms with Gasteiger partial charge >= 0.3 is 0 Å². The Morgan fingerprint density at radius 3 is 2.69 bits per heavy atom. The molecule has 140 valence electrons. The molecule has 0 aromatic carbocycles. The van der Waals surface area contributed by atoms with E-state index < -0.39 is 0 Å². The number of nitrogens with zero attached hydrogens (tertiary/aromatic N) is 3. The summed E-state index contributed by atoms with van der Waals surface area (Å²) in [6.07, 6.45) is 8.79. The highest BCUT2D eigenvalue weighted by Gasteiger charge is 2.20. The Kier molecular flexibility index (Phi) is 6.26. The molecule has 3 rings (SSSR count). The van der Waals surface area contributed by atoms with Crippen LogP contribution in [-0.4, -0.2) is 29.1 Å². The highest BCUT2D eigenvalue weighted by Crippen LogP contribution is 2.21. The first-order valence-corrected chi connectivity index (χ1v) is 9.63. The number of carbonyl (C=O) groups excluding carboxylic acids is 1. The van der Waals surface area contributed by atoms with Crippen LogP contribution in [-0.2, 0) is 13.0 Å². The number of hydrogen-bond acceptors (Lipinski definition) is 5. The van der Waals surface area contributed by atoms with Gasteiger partial charge in [0.1, 0.15) is 17.1 Å². The first-order chi connectivity index (χ1) is 12.7. The predicted molar refractivity (Wildman–Crippen MR) is 101 cm³/mol. The number of anilines is 1. The maximum atomic E-state index is 12.6. The van der Waals surface area contributed by atoms with Crippen LogP contribution in [0.2, 0.25) is 0 Å². The van der Waals surface area contributed by atoms with Crippen LogP contribution < -0.4 is 10.2 Å². The van der Waals surface area contributed by atoms with E-state index >= 15 is 0 Å². The first-order valence-electron chi connectivity index (χ1n) is 9.63. The molecule has 0 radical (unpaired) electrons. The standard InChI is InChI=1S/C20H28N4O2/c1-3-17-18(15(2)26-23-17)20(25)22-14-16-10-9-11-21-19(16)24-12-7-5-4-6-8-13-24/h9-11H,3-8,12-14H2,1-2H3,(H,22,25). The lowest BCUT2D eigenvalue weighted by Gasteiger charge is -2.27. The van der Waals surface area contributed by atoms with Gasteiger partial charge in [0.05, 0.1) is 5.69 Å². The summed E-state index contributed by atoms with van der Waals surface area (Å²) in [7, 11) is 0. The Morgan fingerprint density at radius 2 is 1.96 bits per heavy atom. The van der Waals surface area contributed by atoms with Gasteiger partial charge in [0, 0.05) is 31.4 Å². The number of aryl methyl sites for hydroxylation is 2. The molecule has 2 aromatic heterocycles. The number of nitrogens with one attached hydrogen (secondary N) is 1. The third-order valence-corrected chi connectivity index (χ3v) is 4.96. The van der Waals surface area contributed by atoms with Crippen LogP contribution >= 0.6 is 0 Å². The van der Waals surface area contributed by atoms with E-state index in [9.17, 15) is 4.79 Å². The van der Waals surface area contributed by atoms with Crippen molar-refractivity contribution in [1.29, 1.82) is 0 Å². The topological polar surface area (TPSA) is 71.3 Å². The van der Waals surface area contributed by atoms with Crippen molar-refractivity contribution in [2.24, 2.45) is 0 Å². The second-order valence-electron chi connectivity index (χ2n) is 6.84. The average molecular weight is 356 g/mol. The molecule has 0 unspecified atom stereocenters. The maximum absolute atomic E-state index is 12.6. The molecule has 1 saturated heterocycles. The van der Waals surface area contributed by atoms with E-state index in [2.05, 4.69) is 20.4 Å². The van der Waals surface area contributed by atoms with Crippen molar-refractivity contribution in [3.8, 4) is 0 Å². The molecule has 1 fully saturated rings. The lowest BCUT2D eigenvalue weighted by Crippen LogP contribution is -2.30. The lowest BCUT2D eigenvalue weighted by atomic mass is 10.1. The number of pyridine rings is 1. The zero-order valence-corrected chi connectivity index (χ0v) is 15.8. The zero-order chi connectivity index (χ0) is 18.4. The number of carbonyl (C=O) groups is 1. The molecular weight excluding hydrogens is 328 g/mol. The Morgan fingerprint density at radius 1 is 1.23 bits per heavy atom. The quantitative estimate of drug-likeness (QED) is 0.885. The van der Waals surface area contributed by atoms with Crippen molar-refractivity contribution >= 4 is 11.7 Å². The summed E-state index contributed by atoms with van der Waals surface area (Å²) in [4.78, 5) is 19.6. The molecule has 0 bridgehead atoms. The van der Waals surface area contributed by atoms with Gasteiger partial charge in [-0.15, -0.1) is 0 Å². The van der Waals surface area contributed by atoms with E-state index in [1.54, 1.807) is 6.92 Å². The van der Waals surface area contributed by atoms with Crippen LogP contribution in [0.3, 0.4) is 0 Å². The number of hydrogen-bond donors (Lipinski definition) is 1. The smallest absolute Gasteiger partial charge is 0.257 e. The highest BCUT2D eigenvalue weighted by molar-refractivity contribution is 5.96. The minimum absolute atomic E-state index is 0.136. The molecule has 0 saturated carbocycles. The number of amides is 1. The van der Waals surface area contributed by atoms with E-state index in [1.165, 1.54) is 32.1 Å². The summed E-state index contributed by atoms with van der Waals surface area (Å²) in [5.74, 6) is 1.42. The Balaban J connectivity index is 1.72. The van der Waals surface area contributed by atoms with E-state index in [0.717, 1.165) is 24.5 Å². The zero-order valence-electron chi connectivity index (χ0n) is 15.8.